The Morgan fingerprint density at radius 2 is 2.26 bits per heavy atom. The van der Waals surface area contributed by atoms with Crippen LogP contribution in [0.25, 0.3) is 0 Å². The van der Waals surface area contributed by atoms with E-state index in [9.17, 15) is 0 Å². The van der Waals surface area contributed by atoms with Crippen molar-refractivity contribution in [2.75, 3.05) is 18.0 Å². The fourth-order valence-electron chi connectivity index (χ4n) is 2.60. The molecule has 0 bridgehead atoms. The van der Waals surface area contributed by atoms with Crippen LogP contribution in [0.3, 0.4) is 0 Å². The molecule has 0 saturated carbocycles. The molecule has 2 rings (SSSR count). The van der Waals surface area contributed by atoms with Gasteiger partial charge in [0, 0.05) is 31.1 Å². The van der Waals surface area contributed by atoms with Gasteiger partial charge in [-0.3, -0.25) is 0 Å². The molecule has 0 amide bonds. The fourth-order valence-corrected chi connectivity index (χ4v) is 3.48. The number of anilines is 1. The van der Waals surface area contributed by atoms with Gasteiger partial charge in [0.25, 0.3) is 0 Å². The summed E-state index contributed by atoms with van der Waals surface area (Å²) in [6.07, 6.45) is 5.36. The van der Waals surface area contributed by atoms with E-state index in [-0.39, 0.29) is 0 Å². The average Bonchev–Trinajstić information content (AvgIpc) is 2.73. The van der Waals surface area contributed by atoms with Crippen molar-refractivity contribution in [1.82, 2.24) is 10.3 Å². The van der Waals surface area contributed by atoms with Gasteiger partial charge in [-0.1, -0.05) is 27.2 Å². The second-order valence-corrected chi connectivity index (χ2v) is 6.69. The zero-order chi connectivity index (χ0) is 13.7. The van der Waals surface area contributed by atoms with Gasteiger partial charge in [-0.2, -0.15) is 0 Å². The molecular weight excluding hydrogens is 254 g/mol. The molecule has 108 valence electrons. The minimum absolute atomic E-state index is 0.522. The summed E-state index contributed by atoms with van der Waals surface area (Å²) in [7, 11) is 0. The molecule has 4 heteroatoms. The van der Waals surface area contributed by atoms with Gasteiger partial charge in [-0.25, -0.2) is 4.98 Å². The first-order valence-corrected chi connectivity index (χ1v) is 8.49. The monoisotopic (exact) mass is 281 g/mol. The highest BCUT2D eigenvalue weighted by Gasteiger charge is 2.18. The Bertz CT molecular complexity index is 375. The van der Waals surface area contributed by atoms with Crippen LogP contribution >= 0.6 is 11.3 Å². The largest absolute Gasteiger partial charge is 0.348 e. The zero-order valence-electron chi connectivity index (χ0n) is 12.5. The maximum absolute atomic E-state index is 4.78. The van der Waals surface area contributed by atoms with Gasteiger partial charge < -0.3 is 10.2 Å². The predicted octanol–water partition coefficient (Wildman–Crippen LogP) is 3.66. The summed E-state index contributed by atoms with van der Waals surface area (Å²) in [4.78, 5) is 7.27. The first kappa shape index (κ1) is 14.8. The van der Waals surface area contributed by atoms with E-state index in [4.69, 9.17) is 4.98 Å². The zero-order valence-corrected chi connectivity index (χ0v) is 13.3. The van der Waals surface area contributed by atoms with Gasteiger partial charge in [0.1, 0.15) is 0 Å². The van der Waals surface area contributed by atoms with E-state index < -0.39 is 0 Å². The molecule has 1 aliphatic heterocycles. The molecule has 1 fully saturated rings. The molecule has 3 nitrogen and oxygen atoms in total. The first-order valence-electron chi connectivity index (χ1n) is 7.61. The number of hydrogen-bond acceptors (Lipinski definition) is 4. The van der Waals surface area contributed by atoms with Crippen molar-refractivity contribution in [3.8, 4) is 0 Å². The SMILES string of the molecule is CCC1CCCN(c2nc(CNC(C)C)cs2)CC1. The van der Waals surface area contributed by atoms with Crippen LogP contribution in [0, 0.1) is 5.92 Å². The Balaban J connectivity index is 1.90. The summed E-state index contributed by atoms with van der Waals surface area (Å²) in [5, 5.41) is 6.85. The number of nitrogens with one attached hydrogen (secondary N) is 1. The van der Waals surface area contributed by atoms with Crippen molar-refractivity contribution in [3.63, 3.8) is 0 Å². The van der Waals surface area contributed by atoms with Crippen LogP contribution in [-0.2, 0) is 6.54 Å². The van der Waals surface area contributed by atoms with E-state index in [1.54, 1.807) is 11.3 Å². The second-order valence-electron chi connectivity index (χ2n) is 5.85. The van der Waals surface area contributed by atoms with E-state index >= 15 is 0 Å². The van der Waals surface area contributed by atoms with Gasteiger partial charge in [-0.15, -0.1) is 11.3 Å². The number of thiazole rings is 1. The molecule has 0 radical (unpaired) electrons. The number of hydrogen-bond donors (Lipinski definition) is 1. The molecule has 0 aromatic carbocycles. The van der Waals surface area contributed by atoms with E-state index in [0.717, 1.165) is 12.5 Å². The third-order valence-corrected chi connectivity index (χ3v) is 4.88. The highest BCUT2D eigenvalue weighted by atomic mass is 32.1. The standard InChI is InChI=1S/C15H27N3S/c1-4-13-6-5-8-18(9-7-13)15-17-14(11-19-15)10-16-12(2)3/h11-13,16H,4-10H2,1-3H3. The predicted molar refractivity (Wildman–Crippen MR) is 83.9 cm³/mol. The summed E-state index contributed by atoms with van der Waals surface area (Å²) in [5.74, 6) is 0.923. The lowest BCUT2D eigenvalue weighted by Crippen LogP contribution is -2.25. The summed E-state index contributed by atoms with van der Waals surface area (Å²) in [6.45, 7) is 9.92. The quantitative estimate of drug-likeness (QED) is 0.893. The second kappa shape index (κ2) is 7.25. The first-order chi connectivity index (χ1) is 9.19. The Hall–Kier alpha value is -0.610. The normalized spacial score (nSPS) is 20.8. The third-order valence-electron chi connectivity index (χ3n) is 3.93. The molecule has 19 heavy (non-hydrogen) atoms. The lowest BCUT2D eigenvalue weighted by Gasteiger charge is -2.19. The van der Waals surface area contributed by atoms with Crippen LogP contribution in [0.2, 0.25) is 0 Å². The topological polar surface area (TPSA) is 28.2 Å². The van der Waals surface area contributed by atoms with Crippen LogP contribution in [0.1, 0.15) is 52.1 Å². The lowest BCUT2D eigenvalue weighted by molar-refractivity contribution is 0.459. The Kier molecular flexibility index (Phi) is 5.64. The van der Waals surface area contributed by atoms with E-state index in [1.807, 2.05) is 0 Å². The molecule has 0 aliphatic carbocycles. The Morgan fingerprint density at radius 1 is 1.42 bits per heavy atom. The lowest BCUT2D eigenvalue weighted by atomic mass is 9.98. The molecule has 1 atom stereocenters. The fraction of sp³-hybridized carbons (Fsp3) is 0.800. The van der Waals surface area contributed by atoms with Crippen LogP contribution in [0.4, 0.5) is 5.13 Å². The third kappa shape index (κ3) is 4.46. The minimum Gasteiger partial charge on any atom is -0.348 e. The van der Waals surface area contributed by atoms with Crippen molar-refractivity contribution >= 4 is 16.5 Å². The highest BCUT2D eigenvalue weighted by molar-refractivity contribution is 7.13. The van der Waals surface area contributed by atoms with E-state index in [1.165, 1.54) is 49.6 Å². The van der Waals surface area contributed by atoms with Crippen LogP contribution in [-0.4, -0.2) is 24.1 Å². The van der Waals surface area contributed by atoms with Crippen molar-refractivity contribution in [2.45, 2.75) is 59.0 Å². The molecule has 1 saturated heterocycles. The smallest absolute Gasteiger partial charge is 0.185 e. The van der Waals surface area contributed by atoms with Crippen LogP contribution in [0.15, 0.2) is 5.38 Å². The highest BCUT2D eigenvalue weighted by Crippen LogP contribution is 2.26. The maximum Gasteiger partial charge on any atom is 0.185 e. The summed E-state index contributed by atoms with van der Waals surface area (Å²) in [5.41, 5.74) is 1.19. The van der Waals surface area contributed by atoms with Gasteiger partial charge in [0.15, 0.2) is 5.13 Å². The number of aromatic nitrogens is 1. The van der Waals surface area contributed by atoms with Crippen LogP contribution < -0.4 is 10.2 Å². The molecule has 1 unspecified atom stereocenters. The molecule has 1 aliphatic rings. The molecule has 1 aromatic rings. The summed E-state index contributed by atoms with van der Waals surface area (Å²) in [6, 6.07) is 0.522. The van der Waals surface area contributed by atoms with Gasteiger partial charge in [-0.05, 0) is 25.2 Å². The summed E-state index contributed by atoms with van der Waals surface area (Å²) < 4.78 is 0. The minimum atomic E-state index is 0.522. The molecular formula is C15H27N3S. The van der Waals surface area contributed by atoms with Gasteiger partial charge in [0.05, 0.1) is 5.69 Å². The molecule has 0 spiro atoms. The Morgan fingerprint density at radius 3 is 3.00 bits per heavy atom. The number of nitrogens with zero attached hydrogens (tertiary/aromatic N) is 2. The molecule has 1 N–H and O–H groups in total. The van der Waals surface area contributed by atoms with Crippen molar-refractivity contribution < 1.29 is 0 Å². The van der Waals surface area contributed by atoms with E-state index in [2.05, 4.69) is 36.4 Å². The van der Waals surface area contributed by atoms with E-state index in [0.29, 0.717) is 6.04 Å². The van der Waals surface area contributed by atoms with Gasteiger partial charge in [0.2, 0.25) is 0 Å². The van der Waals surface area contributed by atoms with Gasteiger partial charge >= 0.3 is 0 Å². The van der Waals surface area contributed by atoms with Crippen molar-refractivity contribution in [3.05, 3.63) is 11.1 Å². The van der Waals surface area contributed by atoms with Crippen LogP contribution in [0.5, 0.6) is 0 Å². The van der Waals surface area contributed by atoms with Crippen molar-refractivity contribution in [1.29, 1.82) is 0 Å². The summed E-state index contributed by atoms with van der Waals surface area (Å²) >= 11 is 1.80. The van der Waals surface area contributed by atoms with Crippen molar-refractivity contribution in [2.24, 2.45) is 5.92 Å². The Labute approximate surface area is 121 Å². The maximum atomic E-state index is 4.78. The average molecular weight is 281 g/mol. The molecule has 2 heterocycles. The molecule has 1 aromatic heterocycles. The number of rotatable bonds is 5.